The van der Waals surface area contributed by atoms with Gasteiger partial charge in [0.25, 0.3) is 0 Å². The number of primary amides is 1. The highest BCUT2D eigenvalue weighted by Gasteiger charge is 2.23. The molecule has 1 saturated heterocycles. The summed E-state index contributed by atoms with van der Waals surface area (Å²) in [5.41, 5.74) is 6.51. The molecule has 5 nitrogen and oxygen atoms in total. The number of likely N-dealkylation sites (tertiary alicyclic amines) is 1. The van der Waals surface area contributed by atoms with Gasteiger partial charge in [-0.1, -0.05) is 29.8 Å². The molecule has 0 radical (unpaired) electrons. The Morgan fingerprint density at radius 2 is 2.20 bits per heavy atom. The SMILES string of the molecule is CN=C(NCCCc1ccccc1Cl)N1CCCC(CC(N)=O)C1.I. The first-order chi connectivity index (χ1) is 11.6. The van der Waals surface area contributed by atoms with E-state index in [9.17, 15) is 4.79 Å². The van der Waals surface area contributed by atoms with Crippen molar-refractivity contribution in [2.24, 2.45) is 16.6 Å². The molecule has 3 N–H and O–H groups in total. The number of hydrogen-bond acceptors (Lipinski definition) is 2. The van der Waals surface area contributed by atoms with Crippen LogP contribution >= 0.6 is 35.6 Å². The summed E-state index contributed by atoms with van der Waals surface area (Å²) in [6.07, 6.45) is 4.51. The minimum atomic E-state index is -0.218. The standard InChI is InChI=1S/C18H27ClN4O.HI/c1-21-18(23-11-5-6-14(13-23)12-17(20)24)22-10-4-8-15-7-2-3-9-16(15)19;/h2-3,7,9,14H,4-6,8,10-13H2,1H3,(H2,20,24)(H,21,22);1H. The number of halogens is 2. The summed E-state index contributed by atoms with van der Waals surface area (Å²) in [6.45, 7) is 2.65. The number of nitrogens with zero attached hydrogens (tertiary/aromatic N) is 2. The van der Waals surface area contributed by atoms with Crippen molar-refractivity contribution in [3.05, 3.63) is 34.9 Å². The number of benzene rings is 1. The maximum absolute atomic E-state index is 11.1. The second kappa shape index (κ2) is 11.6. The zero-order chi connectivity index (χ0) is 17.4. The number of aliphatic imine (C=N–C) groups is 1. The molecule has 1 aromatic rings. The third-order valence-corrected chi connectivity index (χ3v) is 4.75. The minimum absolute atomic E-state index is 0. The molecule has 2 rings (SSSR count). The Hall–Kier alpha value is -1.02. The van der Waals surface area contributed by atoms with Gasteiger partial charge in [0, 0.05) is 38.1 Å². The Morgan fingerprint density at radius 3 is 2.88 bits per heavy atom. The summed E-state index contributed by atoms with van der Waals surface area (Å²) >= 11 is 6.18. The van der Waals surface area contributed by atoms with Gasteiger partial charge >= 0.3 is 0 Å². The molecule has 1 unspecified atom stereocenters. The Morgan fingerprint density at radius 1 is 1.44 bits per heavy atom. The zero-order valence-electron chi connectivity index (χ0n) is 14.7. The molecule has 1 fully saturated rings. The van der Waals surface area contributed by atoms with E-state index in [1.807, 2.05) is 18.2 Å². The number of aryl methyl sites for hydroxylation is 1. The summed E-state index contributed by atoms with van der Waals surface area (Å²) in [5, 5.41) is 4.25. The molecule has 1 aliphatic heterocycles. The highest BCUT2D eigenvalue weighted by atomic mass is 127. The van der Waals surface area contributed by atoms with E-state index in [2.05, 4.69) is 21.3 Å². The average molecular weight is 479 g/mol. The minimum Gasteiger partial charge on any atom is -0.370 e. The van der Waals surface area contributed by atoms with E-state index in [0.29, 0.717) is 12.3 Å². The quantitative estimate of drug-likeness (QED) is 0.286. The lowest BCUT2D eigenvalue weighted by Crippen LogP contribution is -2.47. The van der Waals surface area contributed by atoms with Crippen LogP contribution in [0.1, 0.15) is 31.2 Å². The fraction of sp³-hybridized carbons (Fsp3) is 0.556. The maximum atomic E-state index is 11.1. The predicted molar refractivity (Wildman–Crippen MR) is 115 cm³/mol. The van der Waals surface area contributed by atoms with Crippen molar-refractivity contribution in [2.45, 2.75) is 32.1 Å². The van der Waals surface area contributed by atoms with Crippen molar-refractivity contribution in [2.75, 3.05) is 26.7 Å². The molecule has 7 heteroatoms. The molecule has 0 spiro atoms. The van der Waals surface area contributed by atoms with Gasteiger partial charge in [-0.3, -0.25) is 9.79 Å². The molecular formula is C18H28ClIN4O. The average Bonchev–Trinajstić information content (AvgIpc) is 2.56. The highest BCUT2D eigenvalue weighted by molar-refractivity contribution is 14.0. The number of nitrogens with one attached hydrogen (secondary N) is 1. The van der Waals surface area contributed by atoms with Crippen molar-refractivity contribution < 1.29 is 4.79 Å². The van der Waals surface area contributed by atoms with Gasteiger partial charge in [0.05, 0.1) is 0 Å². The van der Waals surface area contributed by atoms with Crippen LogP contribution in [-0.2, 0) is 11.2 Å². The van der Waals surface area contributed by atoms with Crippen LogP contribution in [0, 0.1) is 5.92 Å². The van der Waals surface area contributed by atoms with Crippen LogP contribution in [0.2, 0.25) is 5.02 Å². The van der Waals surface area contributed by atoms with E-state index in [-0.39, 0.29) is 29.9 Å². The molecule has 0 aromatic heterocycles. The normalized spacial score (nSPS) is 17.8. The molecule has 1 heterocycles. The van der Waals surface area contributed by atoms with Gasteiger partial charge in [-0.15, -0.1) is 24.0 Å². The molecule has 0 saturated carbocycles. The maximum Gasteiger partial charge on any atom is 0.217 e. The topological polar surface area (TPSA) is 70.7 Å². The lowest BCUT2D eigenvalue weighted by Gasteiger charge is -2.34. The molecule has 0 aliphatic carbocycles. The summed E-state index contributed by atoms with van der Waals surface area (Å²) in [6, 6.07) is 7.96. The van der Waals surface area contributed by atoms with Crippen LogP contribution in [0.5, 0.6) is 0 Å². The summed E-state index contributed by atoms with van der Waals surface area (Å²) < 4.78 is 0. The lowest BCUT2D eigenvalue weighted by molar-refractivity contribution is -0.119. The monoisotopic (exact) mass is 478 g/mol. The van der Waals surface area contributed by atoms with E-state index in [1.54, 1.807) is 7.05 Å². The Labute approximate surface area is 172 Å². The first kappa shape index (κ1) is 22.0. The molecule has 25 heavy (non-hydrogen) atoms. The van der Waals surface area contributed by atoms with Crippen molar-refractivity contribution in [1.82, 2.24) is 10.2 Å². The number of hydrogen-bond donors (Lipinski definition) is 2. The van der Waals surface area contributed by atoms with Crippen molar-refractivity contribution in [3.8, 4) is 0 Å². The lowest BCUT2D eigenvalue weighted by atomic mass is 9.95. The zero-order valence-corrected chi connectivity index (χ0v) is 17.8. The van der Waals surface area contributed by atoms with Gasteiger partial charge in [-0.05, 0) is 43.2 Å². The molecule has 140 valence electrons. The Bertz CT molecular complexity index is 582. The number of nitrogens with two attached hydrogens (primary N) is 1. The Balaban J connectivity index is 0.00000312. The van der Waals surface area contributed by atoms with Crippen LogP contribution in [0.15, 0.2) is 29.3 Å². The van der Waals surface area contributed by atoms with Crippen LogP contribution < -0.4 is 11.1 Å². The fourth-order valence-corrected chi connectivity index (χ4v) is 3.45. The second-order valence-electron chi connectivity index (χ2n) is 6.29. The number of carbonyl (C=O) groups excluding carboxylic acids is 1. The first-order valence-corrected chi connectivity index (χ1v) is 8.95. The van der Waals surface area contributed by atoms with Crippen molar-refractivity contribution in [1.29, 1.82) is 0 Å². The van der Waals surface area contributed by atoms with E-state index in [4.69, 9.17) is 17.3 Å². The summed E-state index contributed by atoms with van der Waals surface area (Å²) in [4.78, 5) is 17.7. The number of amides is 1. The van der Waals surface area contributed by atoms with Gasteiger partial charge in [0.2, 0.25) is 5.91 Å². The number of piperidine rings is 1. The smallest absolute Gasteiger partial charge is 0.217 e. The fourth-order valence-electron chi connectivity index (χ4n) is 3.22. The third-order valence-electron chi connectivity index (χ3n) is 4.38. The van der Waals surface area contributed by atoms with E-state index < -0.39 is 0 Å². The van der Waals surface area contributed by atoms with Gasteiger partial charge in [0.15, 0.2) is 5.96 Å². The van der Waals surface area contributed by atoms with E-state index in [0.717, 1.165) is 56.3 Å². The van der Waals surface area contributed by atoms with Crippen LogP contribution in [0.3, 0.4) is 0 Å². The number of rotatable bonds is 6. The number of carbonyl (C=O) groups is 1. The molecule has 1 atom stereocenters. The van der Waals surface area contributed by atoms with Gasteiger partial charge in [-0.25, -0.2) is 0 Å². The molecule has 1 amide bonds. The molecule has 0 bridgehead atoms. The second-order valence-corrected chi connectivity index (χ2v) is 6.70. The molecule has 1 aromatic carbocycles. The van der Waals surface area contributed by atoms with Crippen molar-refractivity contribution >= 4 is 47.4 Å². The van der Waals surface area contributed by atoms with Gasteiger partial charge in [0.1, 0.15) is 0 Å². The molecule has 1 aliphatic rings. The van der Waals surface area contributed by atoms with Crippen molar-refractivity contribution in [3.63, 3.8) is 0 Å². The summed E-state index contributed by atoms with van der Waals surface area (Å²) in [7, 11) is 1.80. The summed E-state index contributed by atoms with van der Waals surface area (Å²) in [5.74, 6) is 1.02. The van der Waals surface area contributed by atoms with Crippen LogP contribution in [0.25, 0.3) is 0 Å². The van der Waals surface area contributed by atoms with Crippen LogP contribution in [-0.4, -0.2) is 43.4 Å². The van der Waals surface area contributed by atoms with E-state index in [1.165, 1.54) is 5.56 Å². The Kier molecular flexibility index (Phi) is 10.2. The predicted octanol–water partition coefficient (Wildman–Crippen LogP) is 3.05. The van der Waals surface area contributed by atoms with Crippen LogP contribution in [0.4, 0.5) is 0 Å². The molecular weight excluding hydrogens is 451 g/mol. The first-order valence-electron chi connectivity index (χ1n) is 8.57. The van der Waals surface area contributed by atoms with Gasteiger partial charge in [-0.2, -0.15) is 0 Å². The van der Waals surface area contributed by atoms with Gasteiger partial charge < -0.3 is 16.0 Å². The highest BCUT2D eigenvalue weighted by Crippen LogP contribution is 2.19. The number of guanidine groups is 1. The largest absolute Gasteiger partial charge is 0.370 e. The van der Waals surface area contributed by atoms with E-state index >= 15 is 0 Å². The third kappa shape index (κ3) is 7.40.